The van der Waals surface area contributed by atoms with E-state index in [0.717, 1.165) is 22.4 Å². The molecule has 0 radical (unpaired) electrons. The van der Waals surface area contributed by atoms with Crippen LogP contribution >= 0.6 is 0 Å². The quantitative estimate of drug-likeness (QED) is 0.0872. The Hall–Kier alpha value is -6.37. The minimum Gasteiger partial charge on any atom is -0.457 e. The fourth-order valence-corrected chi connectivity index (χ4v) is 7.34. The molecule has 6 amide bonds. The Kier molecular flexibility index (Phi) is 13.8. The molecule has 2 saturated heterocycles. The summed E-state index contributed by atoms with van der Waals surface area (Å²) >= 11 is 0. The normalized spacial score (nSPS) is 16.6. The van der Waals surface area contributed by atoms with Gasteiger partial charge in [0, 0.05) is 61.6 Å². The van der Waals surface area contributed by atoms with Gasteiger partial charge in [-0.15, -0.1) is 0 Å². The van der Waals surface area contributed by atoms with Gasteiger partial charge in [0.2, 0.25) is 17.7 Å². The van der Waals surface area contributed by atoms with E-state index in [1.54, 1.807) is 47.4 Å². The van der Waals surface area contributed by atoms with Crippen molar-refractivity contribution in [2.45, 2.75) is 31.5 Å². The van der Waals surface area contributed by atoms with Gasteiger partial charge in [0.25, 0.3) is 17.7 Å². The molecule has 7 rings (SSSR count). The number of carbonyl (C=O) groups is 6. The predicted molar refractivity (Wildman–Crippen MR) is 217 cm³/mol. The van der Waals surface area contributed by atoms with Gasteiger partial charge in [0.05, 0.1) is 56.3 Å². The number of ether oxygens (including phenoxy) is 4. The maximum absolute atomic E-state index is 13.2. The van der Waals surface area contributed by atoms with Gasteiger partial charge < -0.3 is 34.5 Å². The Morgan fingerprint density at radius 1 is 0.806 bits per heavy atom. The molecule has 3 aliphatic heterocycles. The summed E-state index contributed by atoms with van der Waals surface area (Å²) in [5.74, 6) is -1.76. The number of carbonyl (C=O) groups excluding carboxylic acids is 6. The minimum atomic E-state index is -4.44. The molecule has 15 nitrogen and oxygen atoms in total. The lowest BCUT2D eigenvalue weighted by atomic mass is 9.98. The van der Waals surface area contributed by atoms with Crippen molar-refractivity contribution in [3.05, 3.63) is 101 Å². The number of halogens is 3. The lowest BCUT2D eigenvalue weighted by molar-refractivity contribution is -0.138. The van der Waals surface area contributed by atoms with Crippen LogP contribution < -0.4 is 20.7 Å². The molecule has 3 heterocycles. The summed E-state index contributed by atoms with van der Waals surface area (Å²) in [5, 5.41) is 9.63. The minimum absolute atomic E-state index is 0.0414. The van der Waals surface area contributed by atoms with Gasteiger partial charge in [-0.3, -0.25) is 39.0 Å². The van der Waals surface area contributed by atoms with Gasteiger partial charge in [-0.25, -0.2) is 0 Å². The second kappa shape index (κ2) is 19.6. The number of hydrogen-bond acceptors (Lipinski definition) is 11. The summed E-state index contributed by atoms with van der Waals surface area (Å²) in [6, 6.07) is 18.7. The highest BCUT2D eigenvalue weighted by Crippen LogP contribution is 2.35. The first-order chi connectivity index (χ1) is 29.9. The van der Waals surface area contributed by atoms with Gasteiger partial charge in [-0.1, -0.05) is 18.2 Å². The molecule has 4 aromatic carbocycles. The molecule has 3 N–H and O–H groups in total. The van der Waals surface area contributed by atoms with Crippen molar-refractivity contribution < 1.29 is 60.9 Å². The summed E-state index contributed by atoms with van der Waals surface area (Å²) in [6.45, 7) is 3.47. The average Bonchev–Trinajstić information content (AvgIpc) is 3.49. The first kappa shape index (κ1) is 43.7. The summed E-state index contributed by atoms with van der Waals surface area (Å²) < 4.78 is 61.3. The fourth-order valence-electron chi connectivity index (χ4n) is 7.34. The molecular weight excluding hydrogens is 816 g/mol. The first-order valence-corrected chi connectivity index (χ1v) is 20.1. The molecule has 0 spiro atoms. The Labute approximate surface area is 353 Å². The van der Waals surface area contributed by atoms with Crippen molar-refractivity contribution in [1.82, 2.24) is 20.4 Å². The van der Waals surface area contributed by atoms with Gasteiger partial charge in [0.15, 0.2) is 0 Å². The van der Waals surface area contributed by atoms with Crippen LogP contribution in [-0.2, 0) is 34.8 Å². The number of likely N-dealkylation sites (tertiary alicyclic amines) is 1. The van der Waals surface area contributed by atoms with Gasteiger partial charge >= 0.3 is 6.18 Å². The zero-order valence-electron chi connectivity index (χ0n) is 33.5. The number of hydrogen-bond donors (Lipinski definition) is 3. The third-order valence-corrected chi connectivity index (χ3v) is 10.6. The number of amides is 6. The van der Waals surface area contributed by atoms with Crippen LogP contribution in [0.5, 0.6) is 11.5 Å². The van der Waals surface area contributed by atoms with Gasteiger partial charge in [-0.05, 0) is 72.5 Å². The van der Waals surface area contributed by atoms with Crippen LogP contribution in [0.1, 0.15) is 55.9 Å². The lowest BCUT2D eigenvalue weighted by Crippen LogP contribution is -2.54. The zero-order valence-corrected chi connectivity index (χ0v) is 33.5. The van der Waals surface area contributed by atoms with Crippen LogP contribution in [-0.4, -0.2) is 117 Å². The maximum Gasteiger partial charge on any atom is 0.416 e. The van der Waals surface area contributed by atoms with E-state index < -0.39 is 41.4 Å². The smallest absolute Gasteiger partial charge is 0.416 e. The molecule has 1 unspecified atom stereocenters. The Morgan fingerprint density at radius 2 is 1.52 bits per heavy atom. The van der Waals surface area contributed by atoms with Crippen molar-refractivity contribution >= 4 is 51.9 Å². The Morgan fingerprint density at radius 3 is 2.24 bits per heavy atom. The zero-order chi connectivity index (χ0) is 43.8. The molecule has 1 atom stereocenters. The first-order valence-electron chi connectivity index (χ1n) is 20.1. The van der Waals surface area contributed by atoms with Gasteiger partial charge in [-0.2, -0.15) is 13.2 Å². The molecule has 326 valence electrons. The van der Waals surface area contributed by atoms with Gasteiger partial charge in [0.1, 0.15) is 17.5 Å². The molecule has 0 aliphatic carbocycles. The van der Waals surface area contributed by atoms with E-state index in [1.165, 1.54) is 18.2 Å². The van der Waals surface area contributed by atoms with Crippen LogP contribution in [0, 0.1) is 5.92 Å². The fraction of sp³-hybridized carbons (Fsp3) is 0.364. The third kappa shape index (κ3) is 10.4. The van der Waals surface area contributed by atoms with E-state index in [4.69, 9.17) is 18.9 Å². The summed E-state index contributed by atoms with van der Waals surface area (Å²) in [7, 11) is 0. The molecule has 4 aromatic rings. The third-order valence-electron chi connectivity index (χ3n) is 10.6. The van der Waals surface area contributed by atoms with E-state index in [0.29, 0.717) is 75.0 Å². The summed E-state index contributed by atoms with van der Waals surface area (Å²) in [4.78, 5) is 78.2. The number of nitrogens with zero attached hydrogens (tertiary/aromatic N) is 2. The standard InChI is InChI=1S/C44H44F3N5O10/c45-44(46,47)30-8-10-31(11-9-30)62-36-6-1-3-28-23-29(7-12-32(28)36)41(56)51-25-27(26-51)24-49-37(53)15-17-59-19-21-61-22-20-60-18-16-48-34-5-2-4-33-39(34)43(58)52(42(33)57)35-13-14-38(54)50-40(35)55/h1-12,23,27,35,48H,13-22,24-26H2,(H,49,53)(H,50,54,55). The SMILES string of the molecule is O=C(CCOCCOCCOCCNc1cccc2c1C(=O)N(C1CCC(=O)NC1=O)C2=O)NCC1CN(C(=O)c2ccc3c(Oc4ccc(C(F)(F)F)cc4)cccc3c2)C1. The van der Waals surface area contributed by atoms with E-state index >= 15 is 0 Å². The monoisotopic (exact) mass is 859 g/mol. The number of piperidine rings is 1. The van der Waals surface area contributed by atoms with Crippen molar-refractivity contribution in [1.29, 1.82) is 0 Å². The van der Waals surface area contributed by atoms with Crippen LogP contribution in [0.3, 0.4) is 0 Å². The van der Waals surface area contributed by atoms with Crippen LogP contribution in [0.25, 0.3) is 10.8 Å². The number of anilines is 1. The van der Waals surface area contributed by atoms with E-state index in [9.17, 15) is 41.9 Å². The highest BCUT2D eigenvalue weighted by Gasteiger charge is 2.45. The Balaban J connectivity index is 0.713. The van der Waals surface area contributed by atoms with Crippen molar-refractivity contribution in [3.63, 3.8) is 0 Å². The molecule has 0 bridgehead atoms. The second-order valence-electron chi connectivity index (χ2n) is 14.9. The second-order valence-corrected chi connectivity index (χ2v) is 14.9. The topological polar surface area (TPSA) is 182 Å². The molecule has 62 heavy (non-hydrogen) atoms. The highest BCUT2D eigenvalue weighted by molar-refractivity contribution is 6.25. The average molecular weight is 860 g/mol. The molecule has 3 aliphatic rings. The summed E-state index contributed by atoms with van der Waals surface area (Å²) in [5.41, 5.74) is 0.530. The molecule has 18 heteroatoms. The number of fused-ring (bicyclic) bond motifs is 2. The van der Waals surface area contributed by atoms with E-state index in [-0.39, 0.29) is 67.1 Å². The molecular formula is C44H44F3N5O10. The van der Waals surface area contributed by atoms with Crippen molar-refractivity contribution in [3.8, 4) is 11.5 Å². The molecule has 2 fully saturated rings. The highest BCUT2D eigenvalue weighted by atomic mass is 19.4. The van der Waals surface area contributed by atoms with Crippen molar-refractivity contribution in [2.24, 2.45) is 5.92 Å². The van der Waals surface area contributed by atoms with E-state index in [2.05, 4.69) is 16.0 Å². The predicted octanol–water partition coefficient (Wildman–Crippen LogP) is 4.79. The number of imide groups is 2. The van der Waals surface area contributed by atoms with Crippen LogP contribution in [0.15, 0.2) is 78.9 Å². The van der Waals surface area contributed by atoms with Crippen LogP contribution in [0.4, 0.5) is 18.9 Å². The largest absolute Gasteiger partial charge is 0.457 e. The number of benzene rings is 4. The number of rotatable bonds is 19. The van der Waals surface area contributed by atoms with Crippen molar-refractivity contribution in [2.75, 3.05) is 71.1 Å². The maximum atomic E-state index is 13.2. The number of alkyl halides is 3. The van der Waals surface area contributed by atoms with Crippen LogP contribution in [0.2, 0.25) is 0 Å². The summed E-state index contributed by atoms with van der Waals surface area (Å²) in [6.07, 6.45) is -4.15. The Bertz CT molecular complexity index is 2330. The molecule has 0 aromatic heterocycles. The molecule has 0 saturated carbocycles. The van der Waals surface area contributed by atoms with E-state index in [1.807, 2.05) is 6.07 Å². The lowest BCUT2D eigenvalue weighted by Gasteiger charge is -2.39. The number of nitrogens with one attached hydrogen (secondary N) is 3.